The van der Waals surface area contributed by atoms with E-state index >= 15 is 0 Å². The van der Waals surface area contributed by atoms with Crippen molar-refractivity contribution < 1.29 is 4.79 Å². The smallest absolute Gasteiger partial charge is 0.319 e. The molecule has 124 valence electrons. The van der Waals surface area contributed by atoms with Gasteiger partial charge in [0.2, 0.25) is 0 Å². The zero-order valence-corrected chi connectivity index (χ0v) is 13.4. The van der Waals surface area contributed by atoms with Gasteiger partial charge in [0.05, 0.1) is 24.3 Å². The molecule has 0 fully saturated rings. The molecule has 0 radical (unpaired) electrons. The number of hydrogen-bond acceptors (Lipinski definition) is 4. The molecule has 0 saturated carbocycles. The van der Waals surface area contributed by atoms with Crippen LogP contribution in [-0.2, 0) is 19.5 Å². The van der Waals surface area contributed by atoms with Gasteiger partial charge in [0.25, 0.3) is 0 Å². The van der Waals surface area contributed by atoms with Crippen molar-refractivity contribution in [2.75, 3.05) is 5.32 Å². The summed E-state index contributed by atoms with van der Waals surface area (Å²) in [5, 5.41) is 15.5. The van der Waals surface area contributed by atoms with Crippen molar-refractivity contribution in [3.63, 3.8) is 0 Å². The first-order chi connectivity index (χ1) is 11.7. The van der Waals surface area contributed by atoms with Crippen LogP contribution in [0.15, 0.2) is 30.7 Å². The van der Waals surface area contributed by atoms with Gasteiger partial charge in [-0.1, -0.05) is 0 Å². The lowest BCUT2D eigenvalue weighted by Gasteiger charge is -2.23. The Morgan fingerprint density at radius 2 is 2.29 bits per heavy atom. The molecule has 8 heteroatoms. The lowest BCUT2D eigenvalue weighted by Crippen LogP contribution is -2.43. The van der Waals surface area contributed by atoms with Crippen LogP contribution in [0.2, 0.25) is 0 Å². The van der Waals surface area contributed by atoms with E-state index in [1.54, 1.807) is 6.33 Å². The number of aryl methyl sites for hydroxylation is 2. The van der Waals surface area contributed by atoms with Crippen LogP contribution < -0.4 is 10.6 Å². The van der Waals surface area contributed by atoms with E-state index < -0.39 is 0 Å². The first kappa shape index (κ1) is 14.7. The van der Waals surface area contributed by atoms with Gasteiger partial charge >= 0.3 is 6.03 Å². The normalized spacial score (nSPS) is 16.8. The maximum absolute atomic E-state index is 12.3. The van der Waals surface area contributed by atoms with E-state index in [2.05, 4.69) is 25.8 Å². The van der Waals surface area contributed by atoms with Gasteiger partial charge in [-0.2, -0.15) is 10.2 Å². The molecule has 3 heterocycles. The largest absolute Gasteiger partial charge is 0.333 e. The lowest BCUT2D eigenvalue weighted by atomic mass is 10.1. The summed E-state index contributed by atoms with van der Waals surface area (Å²) in [7, 11) is 0. The Kier molecular flexibility index (Phi) is 3.64. The SMILES string of the molecule is CCn1ncc2ccc(NC(=O)N[C@@H]3CCc4ncnn4C3)cc21. The fraction of sp³-hybridized carbons (Fsp3) is 0.375. The molecule has 3 aromatic rings. The maximum Gasteiger partial charge on any atom is 0.319 e. The van der Waals surface area contributed by atoms with Crippen molar-refractivity contribution in [2.45, 2.75) is 38.9 Å². The second kappa shape index (κ2) is 5.95. The first-order valence-corrected chi connectivity index (χ1v) is 8.12. The summed E-state index contributed by atoms with van der Waals surface area (Å²) >= 11 is 0. The van der Waals surface area contributed by atoms with Gasteiger partial charge in [-0.05, 0) is 31.5 Å². The summed E-state index contributed by atoms with van der Waals surface area (Å²) in [6.07, 6.45) is 5.09. The third kappa shape index (κ3) is 2.70. The van der Waals surface area contributed by atoms with E-state index in [1.807, 2.05) is 40.7 Å². The Bertz CT molecular complexity index is 882. The van der Waals surface area contributed by atoms with E-state index in [0.29, 0.717) is 6.54 Å². The van der Waals surface area contributed by atoms with Gasteiger partial charge in [0, 0.05) is 24.0 Å². The molecule has 24 heavy (non-hydrogen) atoms. The molecule has 0 bridgehead atoms. The second-order valence-electron chi connectivity index (χ2n) is 5.93. The minimum atomic E-state index is -0.203. The average molecular weight is 325 g/mol. The number of nitrogens with zero attached hydrogens (tertiary/aromatic N) is 5. The summed E-state index contributed by atoms with van der Waals surface area (Å²) in [6.45, 7) is 3.49. The van der Waals surface area contributed by atoms with Crippen LogP contribution in [0.5, 0.6) is 0 Å². The molecule has 1 aliphatic rings. The van der Waals surface area contributed by atoms with E-state index in [9.17, 15) is 4.79 Å². The number of nitrogens with one attached hydrogen (secondary N) is 2. The van der Waals surface area contributed by atoms with Crippen molar-refractivity contribution in [1.82, 2.24) is 29.9 Å². The number of hydrogen-bond donors (Lipinski definition) is 2. The van der Waals surface area contributed by atoms with Crippen molar-refractivity contribution >= 4 is 22.6 Å². The van der Waals surface area contributed by atoms with Crippen LogP contribution in [0.25, 0.3) is 10.9 Å². The third-order valence-electron chi connectivity index (χ3n) is 4.34. The summed E-state index contributed by atoms with van der Waals surface area (Å²) in [4.78, 5) is 16.5. The molecule has 1 aromatic carbocycles. The zero-order chi connectivity index (χ0) is 16.5. The standard InChI is InChI=1S/C16H19N7O/c1-2-22-14-7-12(4-3-11(14)8-18-22)20-16(24)21-13-5-6-15-17-10-19-23(15)9-13/h3-4,7-8,10,13H,2,5-6,9H2,1H3,(H2,20,21,24)/t13-/m1/s1. The molecule has 1 atom stereocenters. The van der Waals surface area contributed by atoms with Crippen LogP contribution in [0.3, 0.4) is 0 Å². The highest BCUT2D eigenvalue weighted by Crippen LogP contribution is 2.19. The van der Waals surface area contributed by atoms with Crippen LogP contribution in [-0.4, -0.2) is 36.6 Å². The number of fused-ring (bicyclic) bond motifs is 2. The molecule has 0 saturated heterocycles. The Hall–Kier alpha value is -2.90. The summed E-state index contributed by atoms with van der Waals surface area (Å²) in [6, 6.07) is 5.66. The molecule has 8 nitrogen and oxygen atoms in total. The van der Waals surface area contributed by atoms with Crippen LogP contribution in [0.1, 0.15) is 19.2 Å². The van der Waals surface area contributed by atoms with Crippen molar-refractivity contribution in [3.05, 3.63) is 36.5 Å². The number of carbonyl (C=O) groups excluding carboxylic acids is 1. The molecule has 2 aromatic heterocycles. The predicted octanol–water partition coefficient (Wildman–Crippen LogP) is 1.78. The first-order valence-electron chi connectivity index (χ1n) is 8.12. The Balaban J connectivity index is 1.43. The highest BCUT2D eigenvalue weighted by molar-refractivity contribution is 5.92. The van der Waals surface area contributed by atoms with Crippen LogP contribution in [0, 0.1) is 0 Å². The topological polar surface area (TPSA) is 89.7 Å². The van der Waals surface area contributed by atoms with Gasteiger partial charge in [-0.25, -0.2) is 14.5 Å². The predicted molar refractivity (Wildman–Crippen MR) is 89.7 cm³/mol. The van der Waals surface area contributed by atoms with Gasteiger partial charge in [0.15, 0.2) is 0 Å². The molecule has 4 rings (SSSR count). The number of carbonyl (C=O) groups is 1. The number of benzene rings is 1. The zero-order valence-electron chi connectivity index (χ0n) is 13.4. The summed E-state index contributed by atoms with van der Waals surface area (Å²) in [5.41, 5.74) is 1.77. The van der Waals surface area contributed by atoms with E-state index in [1.165, 1.54) is 0 Å². The second-order valence-corrected chi connectivity index (χ2v) is 5.93. The molecular weight excluding hydrogens is 306 g/mol. The van der Waals surface area contributed by atoms with Crippen molar-refractivity contribution in [1.29, 1.82) is 0 Å². The minimum absolute atomic E-state index is 0.0594. The van der Waals surface area contributed by atoms with Crippen LogP contribution in [0.4, 0.5) is 10.5 Å². The molecule has 1 aliphatic heterocycles. The Labute approximate surface area is 138 Å². The number of aromatic nitrogens is 5. The monoisotopic (exact) mass is 325 g/mol. The molecule has 0 unspecified atom stereocenters. The summed E-state index contributed by atoms with van der Waals surface area (Å²) < 4.78 is 3.76. The third-order valence-corrected chi connectivity index (χ3v) is 4.34. The van der Waals surface area contributed by atoms with Crippen molar-refractivity contribution in [3.8, 4) is 0 Å². The number of anilines is 1. The number of urea groups is 1. The molecule has 0 spiro atoms. The highest BCUT2D eigenvalue weighted by atomic mass is 16.2. The minimum Gasteiger partial charge on any atom is -0.333 e. The lowest BCUT2D eigenvalue weighted by molar-refractivity contribution is 0.243. The maximum atomic E-state index is 12.3. The molecule has 2 amide bonds. The molecule has 2 N–H and O–H groups in total. The van der Waals surface area contributed by atoms with Crippen LogP contribution >= 0.6 is 0 Å². The van der Waals surface area contributed by atoms with E-state index in [0.717, 1.165) is 41.8 Å². The quantitative estimate of drug-likeness (QED) is 0.768. The molecular formula is C16H19N7O. The van der Waals surface area contributed by atoms with E-state index in [-0.39, 0.29) is 12.1 Å². The summed E-state index contributed by atoms with van der Waals surface area (Å²) in [5.74, 6) is 0.978. The van der Waals surface area contributed by atoms with Crippen molar-refractivity contribution in [2.24, 2.45) is 0 Å². The average Bonchev–Trinajstić information content (AvgIpc) is 3.20. The van der Waals surface area contributed by atoms with Gasteiger partial charge < -0.3 is 10.6 Å². The molecule has 0 aliphatic carbocycles. The highest BCUT2D eigenvalue weighted by Gasteiger charge is 2.21. The number of amides is 2. The van der Waals surface area contributed by atoms with Gasteiger partial charge in [-0.3, -0.25) is 4.68 Å². The number of rotatable bonds is 3. The van der Waals surface area contributed by atoms with Gasteiger partial charge in [0.1, 0.15) is 12.2 Å². The van der Waals surface area contributed by atoms with E-state index in [4.69, 9.17) is 0 Å². The van der Waals surface area contributed by atoms with Gasteiger partial charge in [-0.15, -0.1) is 0 Å². The fourth-order valence-corrected chi connectivity index (χ4v) is 3.11. The fourth-order valence-electron chi connectivity index (χ4n) is 3.11. The Morgan fingerprint density at radius 1 is 1.38 bits per heavy atom. The Morgan fingerprint density at radius 3 is 3.17 bits per heavy atom.